The van der Waals surface area contributed by atoms with Gasteiger partial charge in [-0.05, 0) is 12.1 Å². The van der Waals surface area contributed by atoms with Gasteiger partial charge in [-0.15, -0.1) is 0 Å². The van der Waals surface area contributed by atoms with Crippen molar-refractivity contribution >= 4 is 23.1 Å². The Morgan fingerprint density at radius 2 is 2.29 bits per heavy atom. The van der Waals surface area contributed by atoms with Crippen molar-refractivity contribution in [2.45, 2.75) is 5.16 Å². The quantitative estimate of drug-likeness (QED) is 0.685. The van der Waals surface area contributed by atoms with Crippen LogP contribution in [0.1, 0.15) is 0 Å². The number of halogens is 1. The van der Waals surface area contributed by atoms with E-state index in [4.69, 9.17) is 4.55 Å². The summed E-state index contributed by atoms with van der Waals surface area (Å²) < 4.78 is 24.1. The lowest BCUT2D eigenvalue weighted by Gasteiger charge is -2.02. The van der Waals surface area contributed by atoms with E-state index in [-0.39, 0.29) is 0 Å². The largest absolute Gasteiger partial charge is 0.331 e. The third-order valence-corrected chi connectivity index (χ3v) is 2.73. The molecule has 3 aromatic rings. The van der Waals surface area contributed by atoms with Crippen molar-refractivity contribution < 1.29 is 8.94 Å². The third kappa shape index (κ3) is 1.69. The molecule has 0 unspecified atom stereocenters. The van der Waals surface area contributed by atoms with Crippen LogP contribution in [0.2, 0.25) is 0 Å². The molecule has 86 valence electrons. The van der Waals surface area contributed by atoms with Crippen LogP contribution in [0.15, 0.2) is 35.7 Å². The van der Waals surface area contributed by atoms with E-state index in [2.05, 4.69) is 15.1 Å². The molecule has 3 rings (SSSR count). The maximum Gasteiger partial charge on any atom is 0.193 e. The van der Waals surface area contributed by atoms with Crippen molar-refractivity contribution in [1.82, 2.24) is 19.7 Å². The first-order valence-corrected chi connectivity index (χ1v) is 5.56. The van der Waals surface area contributed by atoms with E-state index in [1.807, 2.05) is 0 Å². The molecule has 0 radical (unpaired) electrons. The Hall–Kier alpha value is -1.86. The smallest absolute Gasteiger partial charge is 0.193 e. The predicted molar refractivity (Wildman–Crippen MR) is 61.7 cm³/mol. The highest BCUT2D eigenvalue weighted by Crippen LogP contribution is 2.22. The van der Waals surface area contributed by atoms with Crippen molar-refractivity contribution in [2.75, 3.05) is 0 Å². The topological polar surface area (TPSA) is 66.7 Å². The molecule has 7 heteroatoms. The average Bonchev–Trinajstić information content (AvgIpc) is 2.95. The number of nitrogens with zero attached hydrogens (tertiary/aromatic N) is 3. The zero-order valence-electron chi connectivity index (χ0n) is 8.46. The Morgan fingerprint density at radius 1 is 1.41 bits per heavy atom. The molecule has 0 fully saturated rings. The molecule has 0 amide bonds. The van der Waals surface area contributed by atoms with Gasteiger partial charge in [0.05, 0.1) is 23.1 Å². The lowest BCUT2D eigenvalue weighted by atomic mass is 10.2. The number of hydrogen-bond acceptors (Lipinski definition) is 4. The molecule has 0 aliphatic rings. The van der Waals surface area contributed by atoms with Gasteiger partial charge in [-0.25, -0.2) is 14.1 Å². The third-order valence-electron chi connectivity index (χ3n) is 2.37. The molecule has 2 heterocycles. The van der Waals surface area contributed by atoms with E-state index in [9.17, 15) is 4.39 Å². The van der Waals surface area contributed by atoms with Gasteiger partial charge in [0.15, 0.2) is 11.0 Å². The highest BCUT2D eigenvalue weighted by molar-refractivity contribution is 7.93. The van der Waals surface area contributed by atoms with E-state index in [0.29, 0.717) is 33.9 Å². The summed E-state index contributed by atoms with van der Waals surface area (Å²) in [5, 5.41) is 4.30. The molecule has 0 aliphatic carbocycles. The van der Waals surface area contributed by atoms with Crippen molar-refractivity contribution in [3.63, 3.8) is 0 Å². The monoisotopic (exact) mass is 250 g/mol. The summed E-state index contributed by atoms with van der Waals surface area (Å²) >= 11 is 0.492. The van der Waals surface area contributed by atoms with Crippen molar-refractivity contribution in [3.8, 4) is 5.69 Å². The molecule has 17 heavy (non-hydrogen) atoms. The van der Waals surface area contributed by atoms with Crippen LogP contribution in [0, 0.1) is 5.82 Å². The number of imidazole rings is 1. The minimum absolute atomic E-state index is 0.323. The van der Waals surface area contributed by atoms with Gasteiger partial charge in [0.1, 0.15) is 5.69 Å². The number of aromatic amines is 1. The van der Waals surface area contributed by atoms with Crippen LogP contribution in [0.5, 0.6) is 0 Å². The number of aromatic nitrogens is 4. The van der Waals surface area contributed by atoms with Crippen LogP contribution in [0.3, 0.4) is 0 Å². The minimum atomic E-state index is -0.403. The predicted octanol–water partition coefficient (Wildman–Crippen LogP) is 2.45. The van der Waals surface area contributed by atoms with Crippen molar-refractivity contribution in [2.24, 2.45) is 0 Å². The minimum Gasteiger partial charge on any atom is -0.331 e. The van der Waals surface area contributed by atoms with Crippen LogP contribution < -0.4 is 0 Å². The van der Waals surface area contributed by atoms with Crippen LogP contribution in [0.25, 0.3) is 16.7 Å². The molecular weight excluding hydrogens is 243 g/mol. The normalized spacial score (nSPS) is 11.2. The highest BCUT2D eigenvalue weighted by atomic mass is 32.2. The van der Waals surface area contributed by atoms with Gasteiger partial charge in [0, 0.05) is 18.5 Å². The SMILES string of the molecule is OSc1nc2cc(-n3cccn3)c(F)cc2[nH]1. The second kappa shape index (κ2) is 3.86. The first-order chi connectivity index (χ1) is 8.28. The Balaban J connectivity index is 2.23. The van der Waals surface area contributed by atoms with Crippen LogP contribution in [-0.2, 0) is 0 Å². The lowest BCUT2D eigenvalue weighted by molar-refractivity contribution is 0.612. The molecule has 0 aliphatic heterocycles. The van der Waals surface area contributed by atoms with E-state index in [1.165, 1.54) is 10.7 Å². The fraction of sp³-hybridized carbons (Fsp3) is 0. The van der Waals surface area contributed by atoms with Gasteiger partial charge in [-0.2, -0.15) is 5.10 Å². The van der Waals surface area contributed by atoms with E-state index in [1.54, 1.807) is 24.5 Å². The maximum atomic E-state index is 13.8. The second-order valence-corrected chi connectivity index (χ2v) is 3.97. The Kier molecular flexibility index (Phi) is 2.34. The van der Waals surface area contributed by atoms with Gasteiger partial charge in [-0.3, -0.25) is 0 Å². The molecule has 0 saturated heterocycles. The Morgan fingerprint density at radius 3 is 3.00 bits per heavy atom. The van der Waals surface area contributed by atoms with Crippen LogP contribution in [-0.4, -0.2) is 24.3 Å². The first-order valence-electron chi connectivity index (χ1n) is 4.78. The van der Waals surface area contributed by atoms with Gasteiger partial charge >= 0.3 is 0 Å². The molecule has 2 aromatic heterocycles. The number of rotatable bonds is 2. The summed E-state index contributed by atoms with van der Waals surface area (Å²) in [7, 11) is 0. The number of hydrogen-bond donors (Lipinski definition) is 2. The van der Waals surface area contributed by atoms with E-state index < -0.39 is 5.82 Å². The standard InChI is InChI=1S/C10H7FN4OS/c11-6-4-7-8(14-10(13-7)17-16)5-9(6)15-3-1-2-12-15/h1-5,16H,(H,13,14). The Bertz CT molecular complexity index is 664. The molecule has 0 spiro atoms. The fourth-order valence-corrected chi connectivity index (χ4v) is 1.92. The molecule has 0 atom stereocenters. The van der Waals surface area contributed by atoms with Gasteiger partial charge < -0.3 is 9.54 Å². The summed E-state index contributed by atoms with van der Waals surface area (Å²) in [6.45, 7) is 0. The van der Waals surface area contributed by atoms with E-state index in [0.717, 1.165) is 0 Å². The number of benzene rings is 1. The molecule has 5 nitrogen and oxygen atoms in total. The lowest BCUT2D eigenvalue weighted by Crippen LogP contribution is -1.97. The number of nitrogens with one attached hydrogen (secondary N) is 1. The highest BCUT2D eigenvalue weighted by Gasteiger charge is 2.10. The Labute approximate surface area is 99.5 Å². The maximum absolute atomic E-state index is 13.8. The van der Waals surface area contributed by atoms with Crippen molar-refractivity contribution in [1.29, 1.82) is 0 Å². The van der Waals surface area contributed by atoms with Gasteiger partial charge in [0.25, 0.3) is 0 Å². The number of H-pyrrole nitrogens is 1. The second-order valence-electron chi connectivity index (χ2n) is 3.40. The molecule has 2 N–H and O–H groups in total. The number of fused-ring (bicyclic) bond motifs is 1. The molecule has 1 aromatic carbocycles. The zero-order chi connectivity index (χ0) is 11.8. The van der Waals surface area contributed by atoms with Crippen LogP contribution >= 0.6 is 12.0 Å². The summed E-state index contributed by atoms with van der Waals surface area (Å²) in [6.07, 6.45) is 3.22. The first kappa shape index (κ1) is 10.3. The summed E-state index contributed by atoms with van der Waals surface area (Å²) in [5.41, 5.74) is 1.44. The summed E-state index contributed by atoms with van der Waals surface area (Å²) in [4.78, 5) is 6.88. The summed E-state index contributed by atoms with van der Waals surface area (Å²) in [6, 6.07) is 4.62. The van der Waals surface area contributed by atoms with E-state index >= 15 is 0 Å². The fourth-order valence-electron chi connectivity index (χ4n) is 1.63. The molecular formula is C10H7FN4OS. The molecule has 0 bridgehead atoms. The van der Waals surface area contributed by atoms with Gasteiger partial charge in [0.2, 0.25) is 0 Å². The van der Waals surface area contributed by atoms with Crippen molar-refractivity contribution in [3.05, 3.63) is 36.4 Å². The zero-order valence-corrected chi connectivity index (χ0v) is 9.28. The van der Waals surface area contributed by atoms with Gasteiger partial charge in [-0.1, -0.05) is 0 Å². The molecule has 0 saturated carbocycles. The van der Waals surface area contributed by atoms with Crippen LogP contribution in [0.4, 0.5) is 4.39 Å². The summed E-state index contributed by atoms with van der Waals surface area (Å²) in [5.74, 6) is -0.403. The average molecular weight is 250 g/mol.